The van der Waals surface area contributed by atoms with Gasteiger partial charge < -0.3 is 4.74 Å². The lowest BCUT2D eigenvalue weighted by molar-refractivity contribution is 0.436. The largest absolute Gasteiger partial charge is 0.457 e. The molecule has 2 nitrogen and oxygen atoms in total. The molecule has 0 aromatic heterocycles. The lowest BCUT2D eigenvalue weighted by Crippen LogP contribution is -2.32. The molecule has 0 radical (unpaired) electrons. The highest BCUT2D eigenvalue weighted by Crippen LogP contribution is 2.62. The fourth-order valence-corrected chi connectivity index (χ4v) is 6.72. The first-order valence-corrected chi connectivity index (χ1v) is 13.5. The van der Waals surface area contributed by atoms with E-state index in [1.165, 1.54) is 27.8 Å². The highest BCUT2D eigenvalue weighted by molar-refractivity contribution is 5.89. The first-order chi connectivity index (χ1) is 19.8. The molecule has 0 N–H and O–H groups in total. The van der Waals surface area contributed by atoms with E-state index in [1.807, 2.05) is 30.3 Å². The van der Waals surface area contributed by atoms with E-state index in [0.29, 0.717) is 5.56 Å². The number of fused-ring (bicyclic) bond motifs is 9. The molecular formula is C38H23NO. The van der Waals surface area contributed by atoms with Crippen molar-refractivity contribution < 1.29 is 4.74 Å². The van der Waals surface area contributed by atoms with E-state index in [2.05, 4.69) is 115 Å². The van der Waals surface area contributed by atoms with Crippen molar-refractivity contribution in [2.24, 2.45) is 0 Å². The first kappa shape index (κ1) is 22.6. The Morgan fingerprint density at radius 3 is 1.68 bits per heavy atom. The molecule has 2 heteroatoms. The SMILES string of the molecule is N#Cc1ccccc1-c1ccc(-c2ccc3c(c2)Oc2ccccc2C32c3ccccc3-c3ccccc32)cc1. The van der Waals surface area contributed by atoms with Gasteiger partial charge in [-0.05, 0) is 62.7 Å². The molecule has 6 aromatic rings. The van der Waals surface area contributed by atoms with Crippen LogP contribution in [-0.2, 0) is 5.41 Å². The van der Waals surface area contributed by atoms with Crippen LogP contribution >= 0.6 is 0 Å². The van der Waals surface area contributed by atoms with E-state index in [4.69, 9.17) is 4.74 Å². The Morgan fingerprint density at radius 2 is 0.975 bits per heavy atom. The van der Waals surface area contributed by atoms with Gasteiger partial charge >= 0.3 is 0 Å². The van der Waals surface area contributed by atoms with Crippen molar-refractivity contribution in [2.45, 2.75) is 5.41 Å². The zero-order valence-corrected chi connectivity index (χ0v) is 21.6. The molecule has 1 aliphatic heterocycles. The normalized spacial score (nSPS) is 13.4. The summed E-state index contributed by atoms with van der Waals surface area (Å²) in [6.45, 7) is 0. The molecule has 0 atom stereocenters. The van der Waals surface area contributed by atoms with Crippen molar-refractivity contribution in [3.63, 3.8) is 0 Å². The van der Waals surface area contributed by atoms with Crippen LogP contribution in [0.4, 0.5) is 0 Å². The zero-order valence-electron chi connectivity index (χ0n) is 21.6. The molecule has 0 bridgehead atoms. The molecule has 0 unspecified atom stereocenters. The van der Waals surface area contributed by atoms with Gasteiger partial charge in [0.2, 0.25) is 0 Å². The summed E-state index contributed by atoms with van der Waals surface area (Å²) in [5.41, 5.74) is 11.9. The monoisotopic (exact) mass is 509 g/mol. The smallest absolute Gasteiger partial charge is 0.132 e. The van der Waals surface area contributed by atoms with Gasteiger partial charge in [0, 0.05) is 11.1 Å². The van der Waals surface area contributed by atoms with Crippen LogP contribution < -0.4 is 4.74 Å². The lowest BCUT2D eigenvalue weighted by Gasteiger charge is -2.39. The van der Waals surface area contributed by atoms with Crippen LogP contribution in [0.1, 0.15) is 27.8 Å². The molecule has 8 rings (SSSR count). The Morgan fingerprint density at radius 1 is 0.450 bits per heavy atom. The summed E-state index contributed by atoms with van der Waals surface area (Å²) < 4.78 is 6.64. The van der Waals surface area contributed by atoms with Gasteiger partial charge in [0.25, 0.3) is 0 Å². The molecule has 0 saturated carbocycles. The third-order valence-electron chi connectivity index (χ3n) is 8.43. The third kappa shape index (κ3) is 3.04. The van der Waals surface area contributed by atoms with Crippen LogP contribution in [0.3, 0.4) is 0 Å². The van der Waals surface area contributed by atoms with E-state index in [-0.39, 0.29) is 0 Å². The molecule has 0 saturated heterocycles. The summed E-state index contributed by atoms with van der Waals surface area (Å²) in [6, 6.07) is 51.1. The summed E-state index contributed by atoms with van der Waals surface area (Å²) in [7, 11) is 0. The van der Waals surface area contributed by atoms with E-state index < -0.39 is 5.41 Å². The predicted octanol–water partition coefficient (Wildman–Crippen LogP) is 9.36. The molecule has 186 valence electrons. The van der Waals surface area contributed by atoms with Gasteiger partial charge in [-0.3, -0.25) is 0 Å². The molecule has 40 heavy (non-hydrogen) atoms. The van der Waals surface area contributed by atoms with Crippen LogP contribution in [0.15, 0.2) is 140 Å². The van der Waals surface area contributed by atoms with Crippen LogP contribution in [0, 0.1) is 11.3 Å². The molecule has 0 amide bonds. The van der Waals surface area contributed by atoms with Gasteiger partial charge in [0.15, 0.2) is 0 Å². The fourth-order valence-electron chi connectivity index (χ4n) is 6.72. The number of rotatable bonds is 2. The molecule has 1 aliphatic carbocycles. The van der Waals surface area contributed by atoms with Crippen LogP contribution in [-0.4, -0.2) is 0 Å². The molecule has 1 spiro atoms. The Labute approximate surface area is 233 Å². The van der Waals surface area contributed by atoms with Gasteiger partial charge in [-0.1, -0.05) is 121 Å². The van der Waals surface area contributed by atoms with Gasteiger partial charge in [-0.25, -0.2) is 0 Å². The van der Waals surface area contributed by atoms with E-state index in [1.54, 1.807) is 0 Å². The summed E-state index contributed by atoms with van der Waals surface area (Å²) in [5, 5.41) is 9.54. The maximum absolute atomic E-state index is 9.54. The molecule has 6 aromatic carbocycles. The second-order valence-electron chi connectivity index (χ2n) is 10.4. The number of benzene rings is 6. The summed E-state index contributed by atoms with van der Waals surface area (Å²) in [4.78, 5) is 0. The van der Waals surface area contributed by atoms with Gasteiger partial charge in [0.05, 0.1) is 17.0 Å². The number of ether oxygens (including phenoxy) is 1. The van der Waals surface area contributed by atoms with E-state index >= 15 is 0 Å². The standard InChI is InChI=1S/C38H23NO/c39-24-28-9-1-2-10-29(28)26-19-17-25(18-20-26)27-21-22-35-37(23-27)40-36-16-8-7-15-34(36)38(35)32-13-5-3-11-30(32)31-12-4-6-14-33(31)38/h1-23H. The van der Waals surface area contributed by atoms with Crippen molar-refractivity contribution >= 4 is 0 Å². The highest BCUT2D eigenvalue weighted by atomic mass is 16.5. The van der Waals surface area contributed by atoms with E-state index in [9.17, 15) is 5.26 Å². The molecule has 0 fully saturated rings. The number of hydrogen-bond acceptors (Lipinski definition) is 2. The van der Waals surface area contributed by atoms with Gasteiger partial charge in [-0.15, -0.1) is 0 Å². The Bertz CT molecular complexity index is 1950. The van der Waals surface area contributed by atoms with Gasteiger partial charge in [-0.2, -0.15) is 5.26 Å². The number of nitrogens with zero attached hydrogens (tertiary/aromatic N) is 1. The lowest BCUT2D eigenvalue weighted by atomic mass is 9.66. The molecule has 2 aliphatic rings. The maximum Gasteiger partial charge on any atom is 0.132 e. The Hall–Kier alpha value is -5.39. The fraction of sp³-hybridized carbons (Fsp3) is 0.0263. The highest BCUT2D eigenvalue weighted by Gasteiger charge is 2.50. The minimum absolute atomic E-state index is 0.444. The van der Waals surface area contributed by atoms with Crippen molar-refractivity contribution in [1.29, 1.82) is 5.26 Å². The minimum Gasteiger partial charge on any atom is -0.457 e. The maximum atomic E-state index is 9.54. The number of hydrogen-bond donors (Lipinski definition) is 0. The average Bonchev–Trinajstić information content (AvgIpc) is 3.32. The van der Waals surface area contributed by atoms with Crippen LogP contribution in [0.5, 0.6) is 11.5 Å². The van der Waals surface area contributed by atoms with E-state index in [0.717, 1.165) is 39.3 Å². The molecule has 1 heterocycles. The van der Waals surface area contributed by atoms with Crippen molar-refractivity contribution in [1.82, 2.24) is 0 Å². The summed E-state index contributed by atoms with van der Waals surface area (Å²) >= 11 is 0. The quantitative estimate of drug-likeness (QED) is 0.233. The molecular weight excluding hydrogens is 486 g/mol. The average molecular weight is 510 g/mol. The predicted molar refractivity (Wildman–Crippen MR) is 159 cm³/mol. The van der Waals surface area contributed by atoms with Crippen molar-refractivity contribution in [3.05, 3.63) is 167 Å². The summed E-state index contributed by atoms with van der Waals surface area (Å²) in [6.07, 6.45) is 0. The topological polar surface area (TPSA) is 33.0 Å². The van der Waals surface area contributed by atoms with Crippen molar-refractivity contribution in [2.75, 3.05) is 0 Å². The second-order valence-corrected chi connectivity index (χ2v) is 10.4. The second kappa shape index (κ2) is 8.56. The number of para-hydroxylation sites is 1. The third-order valence-corrected chi connectivity index (χ3v) is 8.43. The Balaban J connectivity index is 1.31. The summed E-state index contributed by atoms with van der Waals surface area (Å²) in [5.74, 6) is 1.77. The Kier molecular flexibility index (Phi) is 4.83. The first-order valence-electron chi connectivity index (χ1n) is 13.5. The van der Waals surface area contributed by atoms with Crippen LogP contribution in [0.2, 0.25) is 0 Å². The van der Waals surface area contributed by atoms with Crippen LogP contribution in [0.25, 0.3) is 33.4 Å². The van der Waals surface area contributed by atoms with Gasteiger partial charge in [0.1, 0.15) is 11.5 Å². The van der Waals surface area contributed by atoms with Crippen molar-refractivity contribution in [3.8, 4) is 50.9 Å². The minimum atomic E-state index is -0.444. The zero-order chi connectivity index (χ0) is 26.7. The number of nitriles is 1.